The van der Waals surface area contributed by atoms with Crippen LogP contribution in [-0.4, -0.2) is 22.2 Å². The number of benzene rings is 1. The lowest BCUT2D eigenvalue weighted by atomic mass is 10.0. The summed E-state index contributed by atoms with van der Waals surface area (Å²) in [4.78, 5) is 0. The molecule has 1 N–H and O–H groups in total. The molecule has 1 fully saturated rings. The van der Waals surface area contributed by atoms with Crippen molar-refractivity contribution >= 4 is 27.7 Å². The number of hydrogen-bond acceptors (Lipinski definition) is 2. The molecule has 1 nitrogen and oxygen atoms in total. The van der Waals surface area contributed by atoms with E-state index in [4.69, 9.17) is 0 Å². The van der Waals surface area contributed by atoms with Crippen LogP contribution in [0.5, 0.6) is 0 Å². The Morgan fingerprint density at radius 2 is 2.38 bits per heavy atom. The Balaban J connectivity index is 2.04. The number of aliphatic hydroxyl groups excluding tert-OH is 1. The first kappa shape index (κ1) is 12.4. The third-order valence-corrected chi connectivity index (χ3v) is 4.83. The second-order valence-electron chi connectivity index (χ2n) is 4.06. The third kappa shape index (κ3) is 2.99. The molecule has 1 heterocycles. The van der Waals surface area contributed by atoms with Crippen molar-refractivity contribution in [3.05, 3.63) is 34.1 Å². The van der Waals surface area contributed by atoms with E-state index in [2.05, 4.69) is 15.9 Å². The Labute approximate surface area is 108 Å². The molecule has 1 saturated heterocycles. The van der Waals surface area contributed by atoms with Crippen LogP contribution in [-0.2, 0) is 6.42 Å². The zero-order valence-electron chi connectivity index (χ0n) is 8.83. The van der Waals surface area contributed by atoms with Gasteiger partial charge in [-0.25, -0.2) is 4.39 Å². The van der Waals surface area contributed by atoms with Crippen molar-refractivity contribution in [1.29, 1.82) is 0 Å². The second kappa shape index (κ2) is 5.52. The highest BCUT2D eigenvalue weighted by Crippen LogP contribution is 2.30. The normalized spacial score (nSPS) is 22.3. The molecule has 4 heteroatoms. The molecular weight excluding hydrogens is 291 g/mol. The van der Waals surface area contributed by atoms with Crippen molar-refractivity contribution in [2.45, 2.75) is 30.6 Å². The maximum Gasteiger partial charge on any atom is 0.126 e. The van der Waals surface area contributed by atoms with Gasteiger partial charge >= 0.3 is 0 Å². The first-order chi connectivity index (χ1) is 7.66. The highest BCUT2D eigenvalue weighted by Gasteiger charge is 2.24. The number of halogens is 2. The molecule has 16 heavy (non-hydrogen) atoms. The van der Waals surface area contributed by atoms with E-state index < -0.39 is 6.10 Å². The molecule has 0 aliphatic carbocycles. The van der Waals surface area contributed by atoms with Gasteiger partial charge in [-0.15, -0.1) is 0 Å². The van der Waals surface area contributed by atoms with Crippen LogP contribution in [0.3, 0.4) is 0 Å². The molecular formula is C12H14BrFOS. The molecule has 88 valence electrons. The summed E-state index contributed by atoms with van der Waals surface area (Å²) in [6.07, 6.45) is 2.17. The van der Waals surface area contributed by atoms with Gasteiger partial charge in [0.05, 0.1) is 6.10 Å². The van der Waals surface area contributed by atoms with Crippen LogP contribution in [0, 0.1) is 5.82 Å². The molecule has 0 saturated carbocycles. The average Bonchev–Trinajstić information content (AvgIpc) is 2.76. The van der Waals surface area contributed by atoms with Crippen molar-refractivity contribution in [3.63, 3.8) is 0 Å². The fourth-order valence-electron chi connectivity index (χ4n) is 1.96. The molecule has 2 atom stereocenters. The van der Waals surface area contributed by atoms with Gasteiger partial charge in [-0.05, 0) is 42.4 Å². The Bertz CT molecular complexity index is 366. The summed E-state index contributed by atoms with van der Waals surface area (Å²) in [6, 6.07) is 4.86. The first-order valence-electron chi connectivity index (χ1n) is 5.40. The van der Waals surface area contributed by atoms with Gasteiger partial charge < -0.3 is 5.11 Å². The predicted molar refractivity (Wildman–Crippen MR) is 69.3 cm³/mol. The van der Waals surface area contributed by atoms with Crippen LogP contribution in [0.15, 0.2) is 22.7 Å². The fourth-order valence-corrected chi connectivity index (χ4v) is 3.66. The lowest BCUT2D eigenvalue weighted by Gasteiger charge is -2.17. The van der Waals surface area contributed by atoms with Crippen molar-refractivity contribution in [2.24, 2.45) is 0 Å². The van der Waals surface area contributed by atoms with E-state index in [1.54, 1.807) is 23.9 Å². The van der Waals surface area contributed by atoms with Crippen LogP contribution >= 0.6 is 27.7 Å². The van der Waals surface area contributed by atoms with Crippen molar-refractivity contribution in [1.82, 2.24) is 0 Å². The minimum absolute atomic E-state index is 0.231. The molecule has 0 spiro atoms. The standard InChI is InChI=1S/C12H14BrFOS/c13-9-3-4-10(14)8(6-9)7-11(15)12-2-1-5-16-12/h3-4,6,11-12,15H,1-2,5,7H2. The quantitative estimate of drug-likeness (QED) is 0.924. The second-order valence-corrected chi connectivity index (χ2v) is 6.32. The van der Waals surface area contributed by atoms with Crippen LogP contribution in [0.25, 0.3) is 0 Å². The maximum atomic E-state index is 13.5. The average molecular weight is 305 g/mol. The first-order valence-corrected chi connectivity index (χ1v) is 7.24. The highest BCUT2D eigenvalue weighted by atomic mass is 79.9. The molecule has 1 aromatic rings. The third-order valence-electron chi connectivity index (χ3n) is 2.83. The summed E-state index contributed by atoms with van der Waals surface area (Å²) in [7, 11) is 0. The van der Waals surface area contributed by atoms with Crippen LogP contribution in [0.4, 0.5) is 4.39 Å². The van der Waals surface area contributed by atoms with Gasteiger partial charge in [0.2, 0.25) is 0 Å². The number of thioether (sulfide) groups is 1. The van der Waals surface area contributed by atoms with Gasteiger partial charge in [0, 0.05) is 16.1 Å². The van der Waals surface area contributed by atoms with Crippen molar-refractivity contribution < 1.29 is 9.50 Å². The van der Waals surface area contributed by atoms with Crippen LogP contribution < -0.4 is 0 Å². The van der Waals surface area contributed by atoms with Gasteiger partial charge in [-0.2, -0.15) is 11.8 Å². The van der Waals surface area contributed by atoms with E-state index in [1.165, 1.54) is 6.07 Å². The summed E-state index contributed by atoms with van der Waals surface area (Å²) in [6.45, 7) is 0. The van der Waals surface area contributed by atoms with Gasteiger partial charge in [-0.1, -0.05) is 15.9 Å². The minimum Gasteiger partial charge on any atom is -0.392 e. The smallest absolute Gasteiger partial charge is 0.126 e. The SMILES string of the molecule is OC(Cc1cc(Br)ccc1F)C1CCCS1. The van der Waals surface area contributed by atoms with E-state index >= 15 is 0 Å². The molecule has 2 rings (SSSR count). The molecule has 0 aromatic heterocycles. The van der Waals surface area contributed by atoms with Gasteiger partial charge in [0.25, 0.3) is 0 Å². The van der Waals surface area contributed by atoms with Gasteiger partial charge in [0.15, 0.2) is 0 Å². The summed E-state index contributed by atoms with van der Waals surface area (Å²) in [5, 5.41) is 10.3. The minimum atomic E-state index is -0.434. The highest BCUT2D eigenvalue weighted by molar-refractivity contribution is 9.10. The fraction of sp³-hybridized carbons (Fsp3) is 0.500. The number of hydrogen-bond donors (Lipinski definition) is 1. The Kier molecular flexibility index (Phi) is 4.27. The Hall–Kier alpha value is -0.0600. The van der Waals surface area contributed by atoms with Gasteiger partial charge in [-0.3, -0.25) is 0 Å². The zero-order chi connectivity index (χ0) is 11.5. The van der Waals surface area contributed by atoms with E-state index in [1.807, 2.05) is 0 Å². The monoisotopic (exact) mass is 304 g/mol. The Morgan fingerprint density at radius 1 is 1.56 bits per heavy atom. The topological polar surface area (TPSA) is 20.2 Å². The summed E-state index contributed by atoms with van der Waals surface area (Å²) in [5.41, 5.74) is 0.592. The lowest BCUT2D eigenvalue weighted by Crippen LogP contribution is -2.23. The van der Waals surface area contributed by atoms with E-state index in [0.717, 1.165) is 23.1 Å². The predicted octanol–water partition coefficient (Wildman–Crippen LogP) is 3.39. The van der Waals surface area contributed by atoms with E-state index in [0.29, 0.717) is 12.0 Å². The lowest BCUT2D eigenvalue weighted by molar-refractivity contribution is 0.169. The zero-order valence-corrected chi connectivity index (χ0v) is 11.2. The summed E-state index contributed by atoms with van der Waals surface area (Å²) in [5.74, 6) is 0.883. The molecule has 1 aliphatic rings. The van der Waals surface area contributed by atoms with Crippen LogP contribution in [0.1, 0.15) is 18.4 Å². The Morgan fingerprint density at radius 3 is 3.06 bits per heavy atom. The summed E-state index contributed by atoms with van der Waals surface area (Å²) >= 11 is 5.11. The van der Waals surface area contributed by atoms with Crippen molar-refractivity contribution in [3.8, 4) is 0 Å². The molecule has 0 amide bonds. The maximum absolute atomic E-state index is 13.5. The molecule has 0 radical (unpaired) electrons. The molecule has 0 bridgehead atoms. The van der Waals surface area contributed by atoms with E-state index in [-0.39, 0.29) is 11.1 Å². The number of aliphatic hydroxyl groups is 1. The number of rotatable bonds is 3. The van der Waals surface area contributed by atoms with Crippen molar-refractivity contribution in [2.75, 3.05) is 5.75 Å². The van der Waals surface area contributed by atoms with Crippen LogP contribution in [0.2, 0.25) is 0 Å². The molecule has 1 aromatic carbocycles. The molecule has 2 unspecified atom stereocenters. The summed E-state index contributed by atoms with van der Waals surface area (Å²) < 4.78 is 14.3. The molecule has 1 aliphatic heterocycles. The van der Waals surface area contributed by atoms with E-state index in [9.17, 15) is 9.50 Å². The van der Waals surface area contributed by atoms with Gasteiger partial charge in [0.1, 0.15) is 5.82 Å². The largest absolute Gasteiger partial charge is 0.392 e.